The predicted octanol–water partition coefficient (Wildman–Crippen LogP) is 2.71. The lowest BCUT2D eigenvalue weighted by atomic mass is 10.00. The van der Waals surface area contributed by atoms with Gasteiger partial charge in [0, 0.05) is 10.5 Å². The molecule has 0 heterocycles. The molecule has 1 aromatic rings. The van der Waals surface area contributed by atoms with Crippen molar-refractivity contribution in [3.05, 3.63) is 33.3 Å². The summed E-state index contributed by atoms with van der Waals surface area (Å²) in [6.07, 6.45) is 1.14. The molecule has 1 aromatic carbocycles. The second-order valence-corrected chi connectivity index (χ2v) is 5.35. The maximum absolute atomic E-state index is 9.66. The van der Waals surface area contributed by atoms with Gasteiger partial charge in [-0.05, 0) is 56.4 Å². The molecule has 0 radical (unpaired) electrons. The molecule has 2 unspecified atom stereocenters. The van der Waals surface area contributed by atoms with Gasteiger partial charge in [0.25, 0.3) is 0 Å². The molecule has 1 rings (SSSR count). The molecule has 0 aliphatic rings. The van der Waals surface area contributed by atoms with Crippen molar-refractivity contribution in [3.8, 4) is 0 Å². The van der Waals surface area contributed by atoms with Crippen LogP contribution in [0.3, 0.4) is 0 Å². The molecule has 3 N–H and O–H groups in total. The maximum Gasteiger partial charge on any atom is 0.0691 e. The van der Waals surface area contributed by atoms with Gasteiger partial charge < -0.3 is 10.8 Å². The highest BCUT2D eigenvalue weighted by molar-refractivity contribution is 9.10. The molecular weight excluding hydrogens is 266 g/mol. The number of hydrogen-bond donors (Lipinski definition) is 2. The van der Waals surface area contributed by atoms with E-state index in [4.69, 9.17) is 5.73 Å². The fraction of sp³-hybridized carbons (Fsp3) is 0.538. The lowest BCUT2D eigenvalue weighted by molar-refractivity contribution is 0.141. The number of aliphatic hydroxyl groups excluding tert-OH is 1. The van der Waals surface area contributed by atoms with Crippen LogP contribution in [-0.2, 0) is 6.42 Å². The lowest BCUT2D eigenvalue weighted by Crippen LogP contribution is -2.31. The summed E-state index contributed by atoms with van der Waals surface area (Å²) in [4.78, 5) is 0. The van der Waals surface area contributed by atoms with Gasteiger partial charge in [-0.3, -0.25) is 0 Å². The van der Waals surface area contributed by atoms with Gasteiger partial charge in [-0.15, -0.1) is 0 Å². The molecule has 0 saturated carbocycles. The van der Waals surface area contributed by atoms with E-state index >= 15 is 0 Å². The molecule has 0 saturated heterocycles. The molecule has 0 aliphatic heterocycles. The number of aryl methyl sites for hydroxylation is 3. The zero-order valence-corrected chi connectivity index (χ0v) is 11.7. The maximum atomic E-state index is 9.66. The fourth-order valence-corrected chi connectivity index (χ4v) is 2.25. The summed E-state index contributed by atoms with van der Waals surface area (Å²) in [6.45, 7) is 6.04. The SMILES string of the molecule is Cc1cc(Br)c(CCC(O)C(C)N)cc1C. The Bertz CT molecular complexity index is 363. The van der Waals surface area contributed by atoms with Crippen molar-refractivity contribution < 1.29 is 5.11 Å². The zero-order chi connectivity index (χ0) is 12.3. The Morgan fingerprint density at radius 2 is 1.88 bits per heavy atom. The summed E-state index contributed by atoms with van der Waals surface area (Å²) in [6, 6.07) is 4.14. The molecule has 2 nitrogen and oxygen atoms in total. The van der Waals surface area contributed by atoms with Crippen LogP contribution >= 0.6 is 15.9 Å². The van der Waals surface area contributed by atoms with Gasteiger partial charge in [0.1, 0.15) is 0 Å². The molecule has 3 heteroatoms. The Labute approximate surface area is 106 Å². The van der Waals surface area contributed by atoms with Crippen molar-refractivity contribution in [3.63, 3.8) is 0 Å². The van der Waals surface area contributed by atoms with E-state index in [2.05, 4.69) is 41.9 Å². The average molecular weight is 286 g/mol. The molecule has 0 aliphatic carbocycles. The molecule has 0 bridgehead atoms. The van der Waals surface area contributed by atoms with E-state index in [-0.39, 0.29) is 6.04 Å². The highest BCUT2D eigenvalue weighted by atomic mass is 79.9. The molecule has 16 heavy (non-hydrogen) atoms. The van der Waals surface area contributed by atoms with Gasteiger partial charge in [0.05, 0.1) is 6.10 Å². The summed E-state index contributed by atoms with van der Waals surface area (Å²) in [5.41, 5.74) is 9.44. The van der Waals surface area contributed by atoms with E-state index in [0.717, 1.165) is 10.9 Å². The first-order chi connectivity index (χ1) is 7.41. The van der Waals surface area contributed by atoms with Crippen LogP contribution in [0.15, 0.2) is 16.6 Å². The fourth-order valence-electron chi connectivity index (χ4n) is 1.60. The quantitative estimate of drug-likeness (QED) is 0.894. The van der Waals surface area contributed by atoms with E-state index in [9.17, 15) is 5.11 Å². The number of rotatable bonds is 4. The summed E-state index contributed by atoms with van der Waals surface area (Å²) < 4.78 is 1.12. The Morgan fingerprint density at radius 3 is 2.44 bits per heavy atom. The number of halogens is 1. The van der Waals surface area contributed by atoms with Crippen LogP contribution in [-0.4, -0.2) is 17.3 Å². The third kappa shape index (κ3) is 3.58. The van der Waals surface area contributed by atoms with Crippen molar-refractivity contribution in [1.29, 1.82) is 0 Å². The number of nitrogens with two attached hydrogens (primary N) is 1. The van der Waals surface area contributed by atoms with E-state index < -0.39 is 6.10 Å². The van der Waals surface area contributed by atoms with Gasteiger partial charge in [0.15, 0.2) is 0 Å². The Hall–Kier alpha value is -0.380. The highest BCUT2D eigenvalue weighted by Gasteiger charge is 2.11. The minimum absolute atomic E-state index is 0.162. The lowest BCUT2D eigenvalue weighted by Gasteiger charge is -2.15. The van der Waals surface area contributed by atoms with Crippen LogP contribution in [0, 0.1) is 13.8 Å². The number of benzene rings is 1. The molecule has 0 aromatic heterocycles. The van der Waals surface area contributed by atoms with Crippen LogP contribution in [0.5, 0.6) is 0 Å². The molecule has 90 valence electrons. The van der Waals surface area contributed by atoms with Gasteiger partial charge >= 0.3 is 0 Å². The van der Waals surface area contributed by atoms with Crippen molar-refractivity contribution in [2.24, 2.45) is 5.73 Å². The standard InChI is InChI=1S/C13H20BrNO/c1-8-6-11(12(14)7-9(8)2)4-5-13(16)10(3)15/h6-7,10,13,16H,4-5,15H2,1-3H3. The predicted molar refractivity (Wildman–Crippen MR) is 71.6 cm³/mol. The van der Waals surface area contributed by atoms with Crippen LogP contribution in [0.25, 0.3) is 0 Å². The molecule has 0 spiro atoms. The molecule has 2 atom stereocenters. The summed E-state index contributed by atoms with van der Waals surface area (Å²) in [5, 5.41) is 9.66. The van der Waals surface area contributed by atoms with E-state index in [1.54, 1.807) is 0 Å². The molecule has 0 fully saturated rings. The highest BCUT2D eigenvalue weighted by Crippen LogP contribution is 2.23. The minimum Gasteiger partial charge on any atom is -0.392 e. The second kappa shape index (κ2) is 5.80. The van der Waals surface area contributed by atoms with Gasteiger partial charge in [-0.25, -0.2) is 0 Å². The normalized spacial score (nSPS) is 14.9. The molecule has 0 amide bonds. The average Bonchev–Trinajstić information content (AvgIpc) is 2.20. The second-order valence-electron chi connectivity index (χ2n) is 4.49. The number of hydrogen-bond acceptors (Lipinski definition) is 2. The molecular formula is C13H20BrNO. The van der Waals surface area contributed by atoms with Crippen molar-refractivity contribution in [2.45, 2.75) is 45.8 Å². The van der Waals surface area contributed by atoms with Crippen molar-refractivity contribution in [2.75, 3.05) is 0 Å². The van der Waals surface area contributed by atoms with E-state index in [1.165, 1.54) is 16.7 Å². The Kier molecular flexibility index (Phi) is 4.96. The smallest absolute Gasteiger partial charge is 0.0691 e. The Balaban J connectivity index is 2.71. The monoisotopic (exact) mass is 285 g/mol. The summed E-state index contributed by atoms with van der Waals surface area (Å²) in [5.74, 6) is 0. The van der Waals surface area contributed by atoms with Crippen LogP contribution in [0.2, 0.25) is 0 Å². The third-order valence-corrected chi connectivity index (χ3v) is 3.72. The largest absolute Gasteiger partial charge is 0.392 e. The third-order valence-electron chi connectivity index (χ3n) is 2.98. The topological polar surface area (TPSA) is 46.2 Å². The minimum atomic E-state index is -0.423. The first-order valence-electron chi connectivity index (χ1n) is 5.61. The van der Waals surface area contributed by atoms with Gasteiger partial charge in [-0.2, -0.15) is 0 Å². The Morgan fingerprint density at radius 1 is 1.31 bits per heavy atom. The zero-order valence-electron chi connectivity index (χ0n) is 10.1. The first-order valence-corrected chi connectivity index (χ1v) is 6.40. The van der Waals surface area contributed by atoms with Crippen LogP contribution in [0.4, 0.5) is 0 Å². The van der Waals surface area contributed by atoms with E-state index in [1.807, 2.05) is 6.92 Å². The van der Waals surface area contributed by atoms with Crippen LogP contribution < -0.4 is 5.73 Å². The summed E-state index contributed by atoms with van der Waals surface area (Å²) in [7, 11) is 0. The van der Waals surface area contributed by atoms with Crippen molar-refractivity contribution in [1.82, 2.24) is 0 Å². The van der Waals surface area contributed by atoms with Gasteiger partial charge in [0.2, 0.25) is 0 Å². The van der Waals surface area contributed by atoms with Crippen molar-refractivity contribution >= 4 is 15.9 Å². The van der Waals surface area contributed by atoms with Gasteiger partial charge in [-0.1, -0.05) is 22.0 Å². The van der Waals surface area contributed by atoms with E-state index in [0.29, 0.717) is 6.42 Å². The number of aliphatic hydroxyl groups is 1. The first kappa shape index (κ1) is 13.7. The van der Waals surface area contributed by atoms with Crippen LogP contribution in [0.1, 0.15) is 30.0 Å². The summed E-state index contributed by atoms with van der Waals surface area (Å²) >= 11 is 3.56.